The fourth-order valence-corrected chi connectivity index (χ4v) is 1.71. The third kappa shape index (κ3) is 3.19. The van der Waals surface area contributed by atoms with Gasteiger partial charge >= 0.3 is 6.03 Å². The molecule has 0 atom stereocenters. The van der Waals surface area contributed by atoms with Crippen LogP contribution in [-0.2, 0) is 16.0 Å². The van der Waals surface area contributed by atoms with Crippen molar-refractivity contribution in [1.29, 1.82) is 0 Å². The third-order valence-electron chi connectivity index (χ3n) is 2.66. The Balaban J connectivity index is 1.98. The van der Waals surface area contributed by atoms with E-state index in [9.17, 15) is 14.4 Å². The summed E-state index contributed by atoms with van der Waals surface area (Å²) in [5.74, 6) is -1.18. The van der Waals surface area contributed by atoms with Gasteiger partial charge in [-0.2, -0.15) is 0 Å². The molecule has 1 aromatic rings. The highest BCUT2D eigenvalue weighted by molar-refractivity contribution is 6.28. The minimum atomic E-state index is -0.800. The van der Waals surface area contributed by atoms with Crippen LogP contribution < -0.4 is 10.6 Å². The van der Waals surface area contributed by atoms with Crippen LogP contribution in [0.4, 0.5) is 4.79 Å². The number of allylic oxidation sites excluding steroid dienone is 1. The van der Waals surface area contributed by atoms with Gasteiger partial charge < -0.3 is 5.11 Å². The van der Waals surface area contributed by atoms with E-state index in [2.05, 4.69) is 0 Å². The maximum atomic E-state index is 11.4. The molecule has 1 heterocycles. The Morgan fingerprint density at radius 3 is 2.16 bits per heavy atom. The zero-order valence-electron chi connectivity index (χ0n) is 9.97. The molecule has 4 amide bonds. The van der Waals surface area contributed by atoms with Crippen molar-refractivity contribution in [3.05, 3.63) is 41.5 Å². The molecule has 0 unspecified atom stereocenters. The molecular weight excluding hydrogens is 248 g/mol. The predicted octanol–water partition coefficient (Wildman–Crippen LogP) is 0.617. The molecule has 0 aliphatic carbocycles. The van der Waals surface area contributed by atoms with Crippen LogP contribution in [0.25, 0.3) is 0 Å². The van der Waals surface area contributed by atoms with E-state index in [4.69, 9.17) is 5.11 Å². The van der Waals surface area contributed by atoms with Crippen LogP contribution in [0.5, 0.6) is 5.75 Å². The molecule has 0 saturated carbocycles. The topological polar surface area (TPSA) is 95.5 Å². The highest BCUT2D eigenvalue weighted by atomic mass is 16.3. The summed E-state index contributed by atoms with van der Waals surface area (Å²) in [5.41, 5.74) is 0.917. The second kappa shape index (κ2) is 5.34. The largest absolute Gasteiger partial charge is 0.508 e. The van der Waals surface area contributed by atoms with Gasteiger partial charge in [-0.1, -0.05) is 18.2 Å². The van der Waals surface area contributed by atoms with E-state index < -0.39 is 17.8 Å². The molecule has 0 aromatic heterocycles. The van der Waals surface area contributed by atoms with Gasteiger partial charge in [-0.05, 0) is 30.5 Å². The number of amides is 4. The number of phenols is 1. The van der Waals surface area contributed by atoms with Gasteiger partial charge in [0.2, 0.25) is 0 Å². The maximum Gasteiger partial charge on any atom is 0.328 e. The molecule has 2 rings (SSSR count). The summed E-state index contributed by atoms with van der Waals surface area (Å²) < 4.78 is 0. The molecule has 1 aromatic carbocycles. The van der Waals surface area contributed by atoms with Crippen molar-refractivity contribution in [2.24, 2.45) is 0 Å². The second-order valence-corrected chi connectivity index (χ2v) is 4.06. The smallest absolute Gasteiger partial charge is 0.328 e. The Labute approximate surface area is 109 Å². The van der Waals surface area contributed by atoms with Gasteiger partial charge in [0.1, 0.15) is 11.3 Å². The molecule has 0 spiro atoms. The van der Waals surface area contributed by atoms with Gasteiger partial charge in [0.25, 0.3) is 11.8 Å². The highest BCUT2D eigenvalue weighted by Crippen LogP contribution is 2.12. The first kappa shape index (κ1) is 12.8. The van der Waals surface area contributed by atoms with Crippen LogP contribution in [0.2, 0.25) is 0 Å². The van der Waals surface area contributed by atoms with Crippen molar-refractivity contribution >= 4 is 17.8 Å². The van der Waals surface area contributed by atoms with Crippen molar-refractivity contribution in [2.75, 3.05) is 0 Å². The number of imide groups is 2. The number of aryl methyl sites for hydroxylation is 1. The van der Waals surface area contributed by atoms with Gasteiger partial charge in [-0.15, -0.1) is 0 Å². The van der Waals surface area contributed by atoms with Gasteiger partial charge in [-0.25, -0.2) is 4.79 Å². The summed E-state index contributed by atoms with van der Waals surface area (Å²) >= 11 is 0. The summed E-state index contributed by atoms with van der Waals surface area (Å²) in [6.07, 6.45) is 2.59. The first-order valence-corrected chi connectivity index (χ1v) is 5.71. The Morgan fingerprint density at radius 2 is 1.58 bits per heavy atom. The average molecular weight is 260 g/mol. The monoisotopic (exact) mass is 260 g/mol. The molecule has 6 nitrogen and oxygen atoms in total. The molecule has 1 saturated heterocycles. The molecule has 6 heteroatoms. The quantitative estimate of drug-likeness (QED) is 0.548. The summed E-state index contributed by atoms with van der Waals surface area (Å²) in [6.45, 7) is 0. The lowest BCUT2D eigenvalue weighted by Gasteiger charge is -2.13. The number of urea groups is 1. The predicted molar refractivity (Wildman–Crippen MR) is 66.2 cm³/mol. The van der Waals surface area contributed by atoms with Crippen molar-refractivity contribution in [3.63, 3.8) is 0 Å². The van der Waals surface area contributed by atoms with Crippen LogP contribution >= 0.6 is 0 Å². The maximum absolute atomic E-state index is 11.4. The fourth-order valence-electron chi connectivity index (χ4n) is 1.71. The second-order valence-electron chi connectivity index (χ2n) is 4.06. The standard InChI is InChI=1S/C13H12N2O4/c16-9-6-4-8(5-7-9)2-1-3-10-11(17)14-13(19)15-12(10)18/h3-7,16H,1-2H2,(H2,14,15,17,18,19). The molecule has 1 aliphatic heterocycles. The van der Waals surface area contributed by atoms with E-state index in [1.165, 1.54) is 6.08 Å². The zero-order valence-corrected chi connectivity index (χ0v) is 9.97. The number of barbiturate groups is 1. The molecule has 19 heavy (non-hydrogen) atoms. The number of nitrogens with one attached hydrogen (secondary N) is 2. The first-order chi connectivity index (χ1) is 9.06. The van der Waals surface area contributed by atoms with E-state index in [1.807, 2.05) is 10.6 Å². The Bertz CT molecular complexity index is 539. The van der Waals surface area contributed by atoms with Crippen LogP contribution in [0.15, 0.2) is 35.9 Å². The molecule has 3 N–H and O–H groups in total. The number of rotatable bonds is 3. The Hall–Kier alpha value is -2.63. The normalized spacial score (nSPS) is 14.9. The van der Waals surface area contributed by atoms with Crippen LogP contribution in [0.3, 0.4) is 0 Å². The van der Waals surface area contributed by atoms with Gasteiger partial charge in [0, 0.05) is 0 Å². The zero-order chi connectivity index (χ0) is 13.8. The third-order valence-corrected chi connectivity index (χ3v) is 2.66. The SMILES string of the molecule is O=C1NC(=O)C(=CCCc2ccc(O)cc2)C(=O)N1. The molecule has 0 bridgehead atoms. The summed E-state index contributed by atoms with van der Waals surface area (Å²) in [5, 5.41) is 13.1. The number of carbonyl (C=O) groups excluding carboxylic acids is 3. The van der Waals surface area contributed by atoms with Gasteiger partial charge in [0.05, 0.1) is 0 Å². The van der Waals surface area contributed by atoms with E-state index in [0.29, 0.717) is 12.8 Å². The van der Waals surface area contributed by atoms with Gasteiger partial charge in [0.15, 0.2) is 0 Å². The highest BCUT2D eigenvalue weighted by Gasteiger charge is 2.27. The van der Waals surface area contributed by atoms with Crippen molar-refractivity contribution in [2.45, 2.75) is 12.8 Å². The fraction of sp³-hybridized carbons (Fsp3) is 0.154. The number of aromatic hydroxyl groups is 1. The molecular formula is C13H12N2O4. The minimum absolute atomic E-state index is 0.0571. The number of phenolic OH excluding ortho intramolecular Hbond substituents is 1. The molecule has 98 valence electrons. The van der Waals surface area contributed by atoms with E-state index in [0.717, 1.165) is 5.56 Å². The lowest BCUT2D eigenvalue weighted by molar-refractivity contribution is -0.124. The minimum Gasteiger partial charge on any atom is -0.508 e. The van der Waals surface area contributed by atoms with Crippen LogP contribution in [-0.4, -0.2) is 23.0 Å². The summed E-state index contributed by atoms with van der Waals surface area (Å²) in [7, 11) is 0. The lowest BCUT2D eigenvalue weighted by atomic mass is 10.1. The molecule has 1 aliphatic rings. The Kier molecular flexibility index (Phi) is 3.61. The number of carbonyl (C=O) groups is 3. The van der Waals surface area contributed by atoms with E-state index in [-0.39, 0.29) is 11.3 Å². The molecule has 0 radical (unpaired) electrons. The van der Waals surface area contributed by atoms with E-state index >= 15 is 0 Å². The first-order valence-electron chi connectivity index (χ1n) is 5.71. The molecule has 1 fully saturated rings. The average Bonchev–Trinajstić information content (AvgIpc) is 2.34. The van der Waals surface area contributed by atoms with Crippen molar-refractivity contribution in [3.8, 4) is 5.75 Å². The van der Waals surface area contributed by atoms with Crippen LogP contribution in [0, 0.1) is 0 Å². The van der Waals surface area contributed by atoms with Crippen molar-refractivity contribution in [1.82, 2.24) is 10.6 Å². The number of benzene rings is 1. The van der Waals surface area contributed by atoms with Crippen molar-refractivity contribution < 1.29 is 19.5 Å². The number of hydrogen-bond donors (Lipinski definition) is 3. The van der Waals surface area contributed by atoms with Gasteiger partial charge in [-0.3, -0.25) is 20.2 Å². The van der Waals surface area contributed by atoms with E-state index in [1.54, 1.807) is 24.3 Å². The van der Waals surface area contributed by atoms with Crippen LogP contribution in [0.1, 0.15) is 12.0 Å². The number of hydrogen-bond acceptors (Lipinski definition) is 4. The summed E-state index contributed by atoms with van der Waals surface area (Å²) in [6, 6.07) is 5.87. The lowest BCUT2D eigenvalue weighted by Crippen LogP contribution is -2.51. The summed E-state index contributed by atoms with van der Waals surface area (Å²) in [4.78, 5) is 33.7. The Morgan fingerprint density at radius 1 is 1.00 bits per heavy atom.